The van der Waals surface area contributed by atoms with Crippen LogP contribution in [0.4, 0.5) is 0 Å². The molecule has 0 saturated carbocycles. The van der Waals surface area contributed by atoms with Crippen LogP contribution in [0.15, 0.2) is 0 Å². The van der Waals surface area contributed by atoms with Gasteiger partial charge in [0.25, 0.3) is 0 Å². The lowest BCUT2D eigenvalue weighted by Crippen LogP contribution is -3.10. The number of nitrogens with one attached hydrogen (secondary N) is 1. The van der Waals surface area contributed by atoms with Crippen molar-refractivity contribution >= 4 is 5.97 Å². The molecule has 0 aliphatic carbocycles. The van der Waals surface area contributed by atoms with Gasteiger partial charge in [0.1, 0.15) is 0 Å². The van der Waals surface area contributed by atoms with E-state index in [0.29, 0.717) is 0 Å². The molecule has 2 N–H and O–H groups in total. The molecule has 64 valence electrons. The lowest BCUT2D eigenvalue weighted by Gasteiger charge is -2.32. The molecule has 11 heavy (non-hydrogen) atoms. The van der Waals surface area contributed by atoms with Gasteiger partial charge >= 0.3 is 5.97 Å². The Bertz CT molecular complexity index is 141. The summed E-state index contributed by atoms with van der Waals surface area (Å²) in [5, 5.41) is 8.47. The van der Waals surface area contributed by atoms with Gasteiger partial charge in [0.15, 0.2) is 0 Å². The van der Waals surface area contributed by atoms with Gasteiger partial charge in [-0.2, -0.15) is 7.05 Å². The highest BCUT2D eigenvalue weighted by molar-refractivity contribution is 5.69. The Morgan fingerprint density at radius 3 is 2.55 bits per heavy atom. The number of hydrogen-bond acceptors (Lipinski definition) is 2. The number of quaternary nitrogens is 1. The summed E-state index contributed by atoms with van der Waals surface area (Å²) in [6.07, 6.45) is 0. The lowest BCUT2D eigenvalue weighted by atomic mass is 10.3. The fourth-order valence-corrected chi connectivity index (χ4v) is 1.22. The minimum atomic E-state index is -0.738. The van der Waals surface area contributed by atoms with E-state index in [1.807, 2.05) is 4.90 Å². The maximum Gasteiger partial charge on any atom is 0.317 e. The molecule has 0 aromatic heterocycles. The Morgan fingerprint density at radius 2 is 2.09 bits per heavy atom. The van der Waals surface area contributed by atoms with Crippen LogP contribution in [0.5, 0.6) is 0 Å². The molecule has 0 atom stereocenters. The van der Waals surface area contributed by atoms with Gasteiger partial charge in [-0.05, 0) is 0 Å². The second-order valence-corrected chi connectivity index (χ2v) is 2.92. The second-order valence-electron chi connectivity index (χ2n) is 2.92. The second kappa shape index (κ2) is 3.69. The maximum atomic E-state index is 10.3. The monoisotopic (exact) mass is 158 g/mol. The Labute approximate surface area is 66.4 Å². The van der Waals surface area contributed by atoms with Crippen LogP contribution in [0.3, 0.4) is 0 Å². The molecule has 1 fully saturated rings. The third kappa shape index (κ3) is 2.86. The van der Waals surface area contributed by atoms with Crippen molar-refractivity contribution in [3.8, 4) is 0 Å². The number of carboxylic acids is 1. The third-order valence-corrected chi connectivity index (χ3v) is 1.92. The molecular weight excluding hydrogens is 144 g/mol. The molecule has 4 heteroatoms. The van der Waals surface area contributed by atoms with Crippen LogP contribution in [-0.4, -0.2) is 48.7 Å². The van der Waals surface area contributed by atoms with Gasteiger partial charge in [-0.3, -0.25) is 9.69 Å². The van der Waals surface area contributed by atoms with Gasteiger partial charge in [0.2, 0.25) is 0 Å². The van der Waals surface area contributed by atoms with Crippen molar-refractivity contribution < 1.29 is 14.8 Å². The minimum Gasteiger partial charge on any atom is -0.480 e. The standard InChI is InChI=1S/C7H14N2O2/c1-8-2-4-9(5-3-8)6-7(10)11/h8H,1-6H2,(H,10,11). The number of carboxylic acid groups (broad SMARTS) is 1. The van der Waals surface area contributed by atoms with Gasteiger partial charge < -0.3 is 10.0 Å². The molecule has 1 heterocycles. The highest BCUT2D eigenvalue weighted by Crippen LogP contribution is 1.87. The third-order valence-electron chi connectivity index (χ3n) is 1.92. The average molecular weight is 158 g/mol. The van der Waals surface area contributed by atoms with Crippen molar-refractivity contribution in [3.63, 3.8) is 0 Å². The van der Waals surface area contributed by atoms with E-state index in [1.165, 1.54) is 4.90 Å². The van der Waals surface area contributed by atoms with Crippen molar-refractivity contribution in [1.29, 1.82) is 0 Å². The van der Waals surface area contributed by atoms with Crippen molar-refractivity contribution in [2.75, 3.05) is 32.7 Å². The predicted octanol–water partition coefficient (Wildman–Crippen LogP) is -1.94. The number of aliphatic carboxylic acids is 1. The van der Waals surface area contributed by atoms with Crippen LogP contribution in [0.1, 0.15) is 0 Å². The van der Waals surface area contributed by atoms with Crippen LogP contribution in [0.2, 0.25) is 0 Å². The maximum absolute atomic E-state index is 10.3. The summed E-state index contributed by atoms with van der Waals surface area (Å²) in [7, 11) is 3.85. The van der Waals surface area contributed by atoms with E-state index in [2.05, 4.69) is 7.05 Å². The molecule has 1 aliphatic rings. The van der Waals surface area contributed by atoms with Gasteiger partial charge in [0, 0.05) is 13.1 Å². The molecule has 0 unspecified atom stereocenters. The Kier molecular flexibility index (Phi) is 2.84. The first-order chi connectivity index (χ1) is 5.18. The van der Waals surface area contributed by atoms with Gasteiger partial charge in [-0.15, -0.1) is 0 Å². The number of rotatable bonds is 2. The molecule has 1 rings (SSSR count). The Hall–Kier alpha value is -0.610. The predicted molar refractivity (Wildman–Crippen MR) is 40.1 cm³/mol. The van der Waals surface area contributed by atoms with Crippen LogP contribution < -0.4 is 4.90 Å². The first-order valence-electron chi connectivity index (χ1n) is 3.79. The summed E-state index contributed by atoms with van der Waals surface area (Å²) in [4.78, 5) is 13.5. The molecule has 0 aromatic carbocycles. The van der Waals surface area contributed by atoms with Crippen molar-refractivity contribution in [2.45, 2.75) is 0 Å². The molecule has 1 saturated heterocycles. The fourth-order valence-electron chi connectivity index (χ4n) is 1.22. The smallest absolute Gasteiger partial charge is 0.317 e. The van der Waals surface area contributed by atoms with Gasteiger partial charge in [0.05, 0.1) is 19.6 Å². The molecule has 0 aromatic rings. The Morgan fingerprint density at radius 1 is 1.55 bits per heavy atom. The zero-order valence-corrected chi connectivity index (χ0v) is 6.55. The molecule has 0 spiro atoms. The highest BCUT2D eigenvalue weighted by atomic mass is 16.4. The van der Waals surface area contributed by atoms with Crippen LogP contribution in [0, 0.1) is 7.05 Å². The zero-order chi connectivity index (χ0) is 8.27. The Balaban J connectivity index is 2.22. The molecule has 1 aliphatic heterocycles. The van der Waals surface area contributed by atoms with E-state index in [1.54, 1.807) is 0 Å². The van der Waals surface area contributed by atoms with Crippen LogP contribution in [-0.2, 0) is 4.79 Å². The van der Waals surface area contributed by atoms with E-state index in [9.17, 15) is 4.79 Å². The molecule has 0 bridgehead atoms. The molecular formula is C7H14N2O2. The van der Waals surface area contributed by atoms with E-state index in [4.69, 9.17) is 5.11 Å². The number of nitrogens with zero attached hydrogens (tertiary/aromatic N) is 1. The largest absolute Gasteiger partial charge is 0.480 e. The topological polar surface area (TPSA) is 45.0 Å². The normalized spacial score (nSPS) is 21.9. The average Bonchev–Trinajstić information content (AvgIpc) is 1.93. The molecule has 0 radical (unpaired) electrons. The first-order valence-corrected chi connectivity index (χ1v) is 3.79. The quantitative estimate of drug-likeness (QED) is 0.460. The number of hydrogen-bond donors (Lipinski definition) is 2. The van der Waals surface area contributed by atoms with E-state index in [-0.39, 0.29) is 6.54 Å². The van der Waals surface area contributed by atoms with Crippen LogP contribution >= 0.6 is 0 Å². The van der Waals surface area contributed by atoms with Crippen molar-refractivity contribution in [1.82, 2.24) is 4.90 Å². The number of carbonyl (C=O) groups is 1. The summed E-state index contributed by atoms with van der Waals surface area (Å²) < 4.78 is 0. The summed E-state index contributed by atoms with van der Waals surface area (Å²) in [5.74, 6) is -0.738. The lowest BCUT2D eigenvalue weighted by molar-refractivity contribution is -0.858. The first kappa shape index (κ1) is 8.49. The van der Waals surface area contributed by atoms with E-state index < -0.39 is 5.97 Å². The van der Waals surface area contributed by atoms with Gasteiger partial charge in [-0.1, -0.05) is 0 Å². The number of piperazine rings is 1. The SMILES string of the molecule is [CH2-][NH+]1CCN(CC(=O)O)CC1. The minimum absolute atomic E-state index is 0.174. The van der Waals surface area contributed by atoms with Gasteiger partial charge in [-0.25, -0.2) is 0 Å². The summed E-state index contributed by atoms with van der Waals surface area (Å²) in [6.45, 7) is 3.78. The summed E-state index contributed by atoms with van der Waals surface area (Å²) in [5.41, 5.74) is 0. The molecule has 0 amide bonds. The fraction of sp³-hybridized carbons (Fsp3) is 0.714. The van der Waals surface area contributed by atoms with Crippen LogP contribution in [0.25, 0.3) is 0 Å². The zero-order valence-electron chi connectivity index (χ0n) is 6.55. The van der Waals surface area contributed by atoms with E-state index in [0.717, 1.165) is 26.2 Å². The van der Waals surface area contributed by atoms with E-state index >= 15 is 0 Å². The highest BCUT2D eigenvalue weighted by Gasteiger charge is 2.15. The van der Waals surface area contributed by atoms with Crippen molar-refractivity contribution in [2.24, 2.45) is 0 Å². The summed E-state index contributed by atoms with van der Waals surface area (Å²) in [6, 6.07) is 0. The van der Waals surface area contributed by atoms with Crippen molar-refractivity contribution in [3.05, 3.63) is 7.05 Å². The molecule has 4 nitrogen and oxygen atoms in total. The summed E-state index contributed by atoms with van der Waals surface area (Å²) >= 11 is 0.